The topological polar surface area (TPSA) is 87.7 Å². The van der Waals surface area contributed by atoms with Gasteiger partial charge in [-0.05, 0) is 30.2 Å². The van der Waals surface area contributed by atoms with Crippen LogP contribution in [0.1, 0.15) is 28.4 Å². The summed E-state index contributed by atoms with van der Waals surface area (Å²) >= 11 is 0. The number of oxime groups is 1. The highest BCUT2D eigenvalue weighted by Crippen LogP contribution is 2.15. The van der Waals surface area contributed by atoms with Crippen molar-refractivity contribution in [1.29, 1.82) is 0 Å². The molecule has 0 saturated carbocycles. The van der Waals surface area contributed by atoms with Gasteiger partial charge in [0.25, 0.3) is 5.91 Å². The molecule has 0 aliphatic rings. The predicted molar refractivity (Wildman–Crippen MR) is 82.7 cm³/mol. The molecule has 0 aliphatic carbocycles. The lowest BCUT2D eigenvalue weighted by atomic mass is 10.0. The SMILES string of the molecule is CCc1ccccc1C(=O)Nc1cccc(/C(N)=N/O)c1. The number of hydrogen-bond donors (Lipinski definition) is 3. The second-order valence-electron chi connectivity index (χ2n) is 4.53. The molecule has 2 rings (SSSR count). The normalized spacial score (nSPS) is 11.2. The molecule has 4 N–H and O–H groups in total. The first kappa shape index (κ1) is 14.6. The van der Waals surface area contributed by atoms with Crippen LogP contribution >= 0.6 is 0 Å². The van der Waals surface area contributed by atoms with Crippen molar-refractivity contribution in [2.24, 2.45) is 10.9 Å². The number of nitrogens with two attached hydrogens (primary N) is 1. The molecule has 0 fully saturated rings. The van der Waals surface area contributed by atoms with Gasteiger partial charge in [0.05, 0.1) is 0 Å². The van der Waals surface area contributed by atoms with Crippen LogP contribution in [-0.2, 0) is 6.42 Å². The van der Waals surface area contributed by atoms with Crippen LogP contribution in [0.25, 0.3) is 0 Å². The molecule has 1 amide bonds. The van der Waals surface area contributed by atoms with Crippen molar-refractivity contribution >= 4 is 17.4 Å². The number of carbonyl (C=O) groups excluding carboxylic acids is 1. The van der Waals surface area contributed by atoms with E-state index in [2.05, 4.69) is 10.5 Å². The molecule has 0 aromatic heterocycles. The second kappa shape index (κ2) is 6.56. The second-order valence-corrected chi connectivity index (χ2v) is 4.53. The van der Waals surface area contributed by atoms with Gasteiger partial charge in [-0.25, -0.2) is 0 Å². The van der Waals surface area contributed by atoms with Gasteiger partial charge in [0.1, 0.15) is 0 Å². The Morgan fingerprint density at radius 1 is 1.24 bits per heavy atom. The number of nitrogens with zero attached hydrogens (tertiary/aromatic N) is 1. The summed E-state index contributed by atoms with van der Waals surface area (Å²) in [7, 11) is 0. The highest BCUT2D eigenvalue weighted by Gasteiger charge is 2.10. The smallest absolute Gasteiger partial charge is 0.255 e. The molecule has 0 aliphatic heterocycles. The first-order valence-corrected chi connectivity index (χ1v) is 6.63. The van der Waals surface area contributed by atoms with Crippen molar-refractivity contribution in [2.75, 3.05) is 5.32 Å². The van der Waals surface area contributed by atoms with Gasteiger partial charge in [-0.3, -0.25) is 4.79 Å². The maximum Gasteiger partial charge on any atom is 0.255 e. The summed E-state index contributed by atoms with van der Waals surface area (Å²) in [6.45, 7) is 2.01. The molecule has 0 spiro atoms. The summed E-state index contributed by atoms with van der Waals surface area (Å²) in [4.78, 5) is 12.3. The lowest BCUT2D eigenvalue weighted by Gasteiger charge is -2.09. The van der Waals surface area contributed by atoms with Gasteiger partial charge in [-0.2, -0.15) is 0 Å². The van der Waals surface area contributed by atoms with E-state index in [-0.39, 0.29) is 11.7 Å². The first-order valence-electron chi connectivity index (χ1n) is 6.63. The molecule has 0 saturated heterocycles. The van der Waals surface area contributed by atoms with Crippen molar-refractivity contribution in [1.82, 2.24) is 0 Å². The Hall–Kier alpha value is -2.82. The third-order valence-corrected chi connectivity index (χ3v) is 3.17. The minimum Gasteiger partial charge on any atom is -0.409 e. The number of benzene rings is 2. The summed E-state index contributed by atoms with van der Waals surface area (Å²) in [6.07, 6.45) is 0.785. The average Bonchev–Trinajstić information content (AvgIpc) is 2.54. The zero-order chi connectivity index (χ0) is 15.2. The fraction of sp³-hybridized carbons (Fsp3) is 0.125. The Balaban J connectivity index is 2.24. The summed E-state index contributed by atoms with van der Waals surface area (Å²) in [5, 5.41) is 14.5. The van der Waals surface area contributed by atoms with E-state index in [0.29, 0.717) is 16.8 Å². The van der Waals surface area contributed by atoms with Crippen LogP contribution in [0.3, 0.4) is 0 Å². The number of aryl methyl sites for hydroxylation is 1. The molecule has 2 aromatic carbocycles. The molecule has 108 valence electrons. The third-order valence-electron chi connectivity index (χ3n) is 3.17. The molecule has 2 aromatic rings. The van der Waals surface area contributed by atoms with Crippen LogP contribution in [0, 0.1) is 0 Å². The summed E-state index contributed by atoms with van der Waals surface area (Å²) in [5.41, 5.74) is 8.31. The van der Waals surface area contributed by atoms with Crippen molar-refractivity contribution < 1.29 is 10.0 Å². The quantitative estimate of drug-likeness (QED) is 0.349. The van der Waals surface area contributed by atoms with Crippen molar-refractivity contribution in [3.05, 3.63) is 65.2 Å². The maximum atomic E-state index is 12.3. The van der Waals surface area contributed by atoms with Gasteiger partial charge < -0.3 is 16.3 Å². The summed E-state index contributed by atoms with van der Waals surface area (Å²) < 4.78 is 0. The molecular weight excluding hydrogens is 266 g/mol. The van der Waals surface area contributed by atoms with E-state index < -0.39 is 0 Å². The summed E-state index contributed by atoms with van der Waals surface area (Å²) in [5.74, 6) is -0.177. The number of amides is 1. The Morgan fingerprint density at radius 2 is 2.00 bits per heavy atom. The minimum atomic E-state index is -0.177. The van der Waals surface area contributed by atoms with E-state index in [1.165, 1.54) is 0 Å². The number of nitrogens with one attached hydrogen (secondary N) is 1. The molecular formula is C16H17N3O2. The van der Waals surface area contributed by atoms with E-state index in [1.54, 1.807) is 30.3 Å². The molecule has 0 heterocycles. The van der Waals surface area contributed by atoms with Crippen LogP contribution in [0.4, 0.5) is 5.69 Å². The number of amidine groups is 1. The lowest BCUT2D eigenvalue weighted by Crippen LogP contribution is -2.16. The van der Waals surface area contributed by atoms with E-state index in [0.717, 1.165) is 12.0 Å². The van der Waals surface area contributed by atoms with E-state index in [9.17, 15) is 4.79 Å². The Bertz CT molecular complexity index is 681. The minimum absolute atomic E-state index is 0.0000531. The monoisotopic (exact) mass is 283 g/mol. The number of anilines is 1. The van der Waals surface area contributed by atoms with Gasteiger partial charge >= 0.3 is 0 Å². The number of hydrogen-bond acceptors (Lipinski definition) is 3. The largest absolute Gasteiger partial charge is 0.409 e. The van der Waals surface area contributed by atoms with Gasteiger partial charge in [0.15, 0.2) is 5.84 Å². The number of carbonyl (C=O) groups is 1. The Labute approximate surface area is 123 Å². The van der Waals surface area contributed by atoms with Gasteiger partial charge in [-0.15, -0.1) is 0 Å². The maximum absolute atomic E-state index is 12.3. The van der Waals surface area contributed by atoms with Gasteiger partial charge in [0.2, 0.25) is 0 Å². The van der Waals surface area contributed by atoms with E-state index >= 15 is 0 Å². The first-order chi connectivity index (χ1) is 10.2. The highest BCUT2D eigenvalue weighted by molar-refractivity contribution is 6.06. The standard InChI is InChI=1S/C16H17N3O2/c1-2-11-6-3-4-9-14(11)16(20)18-13-8-5-7-12(10-13)15(17)19-21/h3-10,21H,2H2,1H3,(H2,17,19)(H,18,20). The van der Waals surface area contributed by atoms with Gasteiger partial charge in [-0.1, -0.05) is 42.4 Å². The molecule has 0 atom stereocenters. The molecule has 5 nitrogen and oxygen atoms in total. The molecule has 5 heteroatoms. The molecule has 0 radical (unpaired) electrons. The molecule has 21 heavy (non-hydrogen) atoms. The van der Waals surface area contributed by atoms with Crippen LogP contribution in [0.5, 0.6) is 0 Å². The van der Waals surface area contributed by atoms with Crippen molar-refractivity contribution in [3.8, 4) is 0 Å². The van der Waals surface area contributed by atoms with Crippen LogP contribution < -0.4 is 11.1 Å². The zero-order valence-corrected chi connectivity index (χ0v) is 11.7. The average molecular weight is 283 g/mol. The van der Waals surface area contributed by atoms with Gasteiger partial charge in [0, 0.05) is 16.8 Å². The fourth-order valence-electron chi connectivity index (χ4n) is 2.06. The number of rotatable bonds is 4. The zero-order valence-electron chi connectivity index (χ0n) is 11.7. The molecule has 0 unspecified atom stereocenters. The van der Waals surface area contributed by atoms with Crippen molar-refractivity contribution in [2.45, 2.75) is 13.3 Å². The molecule has 0 bridgehead atoms. The van der Waals surface area contributed by atoms with Crippen LogP contribution in [0.2, 0.25) is 0 Å². The Kier molecular flexibility index (Phi) is 4.56. The van der Waals surface area contributed by atoms with Crippen molar-refractivity contribution in [3.63, 3.8) is 0 Å². The third kappa shape index (κ3) is 3.39. The van der Waals surface area contributed by atoms with Crippen LogP contribution in [-0.4, -0.2) is 17.0 Å². The highest BCUT2D eigenvalue weighted by atomic mass is 16.4. The van der Waals surface area contributed by atoms with Crippen LogP contribution in [0.15, 0.2) is 53.7 Å². The lowest BCUT2D eigenvalue weighted by molar-refractivity contribution is 0.102. The Morgan fingerprint density at radius 3 is 2.71 bits per heavy atom. The predicted octanol–water partition coefficient (Wildman–Crippen LogP) is 2.60. The van der Waals surface area contributed by atoms with E-state index in [4.69, 9.17) is 10.9 Å². The van der Waals surface area contributed by atoms with E-state index in [1.807, 2.05) is 25.1 Å². The fourth-order valence-corrected chi connectivity index (χ4v) is 2.06. The summed E-state index contributed by atoms with van der Waals surface area (Å²) in [6, 6.07) is 14.3.